The Labute approximate surface area is 188 Å². The lowest BCUT2D eigenvalue weighted by molar-refractivity contribution is -0.127. The molecule has 1 aliphatic carbocycles. The fourth-order valence-corrected chi connectivity index (χ4v) is 5.00. The molecular weight excluding hydrogens is 407 g/mol. The Bertz CT molecular complexity index is 946. The number of benzene rings is 2. The molecule has 5 nitrogen and oxygen atoms in total. The molecule has 1 aliphatic heterocycles. The second-order valence-electron chi connectivity index (χ2n) is 8.80. The number of hydrogen-bond acceptors (Lipinski definition) is 3. The van der Waals surface area contributed by atoms with Gasteiger partial charge in [-0.1, -0.05) is 25.0 Å². The van der Waals surface area contributed by atoms with Gasteiger partial charge in [-0.25, -0.2) is 4.39 Å². The maximum absolute atomic E-state index is 13.9. The third kappa shape index (κ3) is 4.64. The van der Waals surface area contributed by atoms with Gasteiger partial charge in [-0.3, -0.25) is 9.59 Å². The molecule has 1 saturated carbocycles. The molecule has 0 bridgehead atoms. The van der Waals surface area contributed by atoms with Crippen LogP contribution in [0.1, 0.15) is 61.4 Å². The van der Waals surface area contributed by atoms with Crippen molar-refractivity contribution >= 4 is 11.8 Å². The smallest absolute Gasteiger partial charge is 0.253 e. The lowest BCUT2D eigenvalue weighted by atomic mass is 9.77. The number of carbonyl (C=O) groups excluding carboxylic acids is 2. The number of carbonyl (C=O) groups is 2. The van der Waals surface area contributed by atoms with Gasteiger partial charge in [-0.2, -0.15) is 0 Å². The first-order chi connectivity index (χ1) is 15.5. The van der Waals surface area contributed by atoms with E-state index in [1.807, 2.05) is 30.0 Å². The summed E-state index contributed by atoms with van der Waals surface area (Å²) in [7, 11) is 0. The zero-order chi connectivity index (χ0) is 22.6. The largest absolute Gasteiger partial charge is 0.494 e. The summed E-state index contributed by atoms with van der Waals surface area (Å²) in [5, 5.41) is 3.22. The predicted octanol–water partition coefficient (Wildman–Crippen LogP) is 4.46. The number of amides is 2. The van der Waals surface area contributed by atoms with E-state index >= 15 is 0 Å². The highest BCUT2D eigenvalue weighted by molar-refractivity contribution is 5.94. The molecular formula is C26H31FN2O3. The van der Waals surface area contributed by atoms with E-state index in [9.17, 15) is 14.0 Å². The van der Waals surface area contributed by atoms with Crippen LogP contribution in [0.3, 0.4) is 0 Å². The van der Waals surface area contributed by atoms with Crippen molar-refractivity contribution in [2.75, 3.05) is 19.7 Å². The summed E-state index contributed by atoms with van der Waals surface area (Å²) in [4.78, 5) is 28.0. The van der Waals surface area contributed by atoms with E-state index in [-0.39, 0.29) is 23.7 Å². The molecule has 6 heteroatoms. The zero-order valence-corrected chi connectivity index (χ0v) is 18.6. The number of piperidine rings is 1. The number of halogens is 1. The maximum Gasteiger partial charge on any atom is 0.253 e. The molecule has 0 atom stereocenters. The zero-order valence-electron chi connectivity index (χ0n) is 18.6. The summed E-state index contributed by atoms with van der Waals surface area (Å²) in [6.45, 7) is 3.72. The summed E-state index contributed by atoms with van der Waals surface area (Å²) in [6, 6.07) is 13.7. The molecule has 1 heterocycles. The third-order valence-electron chi connectivity index (χ3n) is 6.80. The van der Waals surface area contributed by atoms with E-state index in [1.165, 1.54) is 12.1 Å². The fourth-order valence-electron chi connectivity index (χ4n) is 5.00. The van der Waals surface area contributed by atoms with Gasteiger partial charge in [0.2, 0.25) is 5.91 Å². The molecule has 0 radical (unpaired) electrons. The van der Waals surface area contributed by atoms with E-state index in [1.54, 1.807) is 18.2 Å². The Kier molecular flexibility index (Phi) is 6.77. The van der Waals surface area contributed by atoms with Crippen LogP contribution in [0.15, 0.2) is 48.5 Å². The molecule has 32 heavy (non-hydrogen) atoms. The van der Waals surface area contributed by atoms with Crippen molar-refractivity contribution in [3.63, 3.8) is 0 Å². The summed E-state index contributed by atoms with van der Waals surface area (Å²) < 4.78 is 19.3. The molecule has 1 saturated heterocycles. The highest BCUT2D eigenvalue weighted by atomic mass is 19.1. The van der Waals surface area contributed by atoms with Gasteiger partial charge in [-0.05, 0) is 74.6 Å². The van der Waals surface area contributed by atoms with Gasteiger partial charge >= 0.3 is 0 Å². The van der Waals surface area contributed by atoms with Crippen LogP contribution in [0.5, 0.6) is 5.75 Å². The Hall–Kier alpha value is -2.89. The van der Waals surface area contributed by atoms with Crippen molar-refractivity contribution in [2.24, 2.45) is 0 Å². The SMILES string of the molecule is CCOc1ccc(C(=O)N2CCC(NC(=O)C3(c4cccc(F)c4)CCCC3)CC2)cc1. The highest BCUT2D eigenvalue weighted by Crippen LogP contribution is 2.41. The summed E-state index contributed by atoms with van der Waals surface area (Å²) in [6.07, 6.45) is 4.87. The summed E-state index contributed by atoms with van der Waals surface area (Å²) in [5.74, 6) is 0.453. The monoisotopic (exact) mass is 438 g/mol. The Morgan fingerprint density at radius 1 is 1.09 bits per heavy atom. The van der Waals surface area contributed by atoms with Crippen LogP contribution in [0, 0.1) is 5.82 Å². The van der Waals surface area contributed by atoms with Crippen LogP contribution in [-0.4, -0.2) is 42.5 Å². The van der Waals surface area contributed by atoms with Gasteiger partial charge in [0.05, 0.1) is 12.0 Å². The predicted molar refractivity (Wildman–Crippen MR) is 121 cm³/mol. The topological polar surface area (TPSA) is 58.6 Å². The maximum atomic E-state index is 13.9. The van der Waals surface area contributed by atoms with E-state index in [2.05, 4.69) is 5.32 Å². The first kappa shape index (κ1) is 22.3. The van der Waals surface area contributed by atoms with Crippen LogP contribution < -0.4 is 10.1 Å². The minimum Gasteiger partial charge on any atom is -0.494 e. The number of rotatable bonds is 6. The average molecular weight is 439 g/mol. The molecule has 0 spiro atoms. The molecule has 2 aromatic carbocycles. The molecule has 0 unspecified atom stereocenters. The summed E-state index contributed by atoms with van der Waals surface area (Å²) >= 11 is 0. The van der Waals surface area contributed by atoms with Crippen molar-refractivity contribution in [1.82, 2.24) is 10.2 Å². The third-order valence-corrected chi connectivity index (χ3v) is 6.80. The lowest BCUT2D eigenvalue weighted by Crippen LogP contribution is -2.51. The lowest BCUT2D eigenvalue weighted by Gasteiger charge is -2.35. The fraction of sp³-hybridized carbons (Fsp3) is 0.462. The Morgan fingerprint density at radius 2 is 1.78 bits per heavy atom. The van der Waals surface area contributed by atoms with Crippen LogP contribution in [-0.2, 0) is 10.2 Å². The van der Waals surface area contributed by atoms with Crippen molar-refractivity contribution in [3.8, 4) is 5.75 Å². The van der Waals surface area contributed by atoms with E-state index in [0.29, 0.717) is 38.1 Å². The number of likely N-dealkylation sites (tertiary alicyclic amines) is 1. The van der Waals surface area contributed by atoms with Crippen molar-refractivity contribution in [2.45, 2.75) is 56.9 Å². The minimum atomic E-state index is -0.642. The standard InChI is InChI=1S/C26H31FN2O3/c1-2-32-23-10-8-19(9-11-23)24(30)29-16-12-22(13-17-29)28-25(31)26(14-3-4-15-26)20-6-5-7-21(27)18-20/h5-11,18,22H,2-4,12-17H2,1H3,(H,28,31). The molecule has 170 valence electrons. The van der Waals surface area contributed by atoms with Crippen LogP contribution in [0.25, 0.3) is 0 Å². The van der Waals surface area contributed by atoms with Gasteiger partial charge in [0, 0.05) is 24.7 Å². The van der Waals surface area contributed by atoms with Gasteiger partial charge < -0.3 is 15.0 Å². The van der Waals surface area contributed by atoms with E-state index in [0.717, 1.165) is 37.0 Å². The van der Waals surface area contributed by atoms with Gasteiger partial charge in [0.15, 0.2) is 0 Å². The number of nitrogens with zero attached hydrogens (tertiary/aromatic N) is 1. The van der Waals surface area contributed by atoms with Crippen molar-refractivity contribution < 1.29 is 18.7 Å². The first-order valence-electron chi connectivity index (χ1n) is 11.6. The molecule has 2 aliphatic rings. The molecule has 0 aromatic heterocycles. The molecule has 4 rings (SSSR count). The number of nitrogens with one attached hydrogen (secondary N) is 1. The minimum absolute atomic E-state index is 0.00288. The second-order valence-corrected chi connectivity index (χ2v) is 8.80. The Balaban J connectivity index is 1.36. The Morgan fingerprint density at radius 3 is 2.41 bits per heavy atom. The average Bonchev–Trinajstić information content (AvgIpc) is 3.31. The first-order valence-corrected chi connectivity index (χ1v) is 11.6. The van der Waals surface area contributed by atoms with E-state index in [4.69, 9.17) is 4.74 Å². The number of hydrogen-bond donors (Lipinski definition) is 1. The van der Waals surface area contributed by atoms with Crippen molar-refractivity contribution in [3.05, 3.63) is 65.5 Å². The van der Waals surface area contributed by atoms with Crippen LogP contribution >= 0.6 is 0 Å². The van der Waals surface area contributed by atoms with Crippen molar-refractivity contribution in [1.29, 1.82) is 0 Å². The molecule has 2 fully saturated rings. The molecule has 2 aromatic rings. The summed E-state index contributed by atoms with van der Waals surface area (Å²) in [5.41, 5.74) is 0.778. The molecule has 2 amide bonds. The highest BCUT2D eigenvalue weighted by Gasteiger charge is 2.43. The van der Waals surface area contributed by atoms with Gasteiger partial charge in [-0.15, -0.1) is 0 Å². The van der Waals surface area contributed by atoms with Crippen LogP contribution in [0.4, 0.5) is 4.39 Å². The van der Waals surface area contributed by atoms with E-state index < -0.39 is 5.41 Å². The second kappa shape index (κ2) is 9.72. The van der Waals surface area contributed by atoms with Gasteiger partial charge in [0.1, 0.15) is 11.6 Å². The number of ether oxygens (including phenoxy) is 1. The van der Waals surface area contributed by atoms with Gasteiger partial charge in [0.25, 0.3) is 5.91 Å². The quantitative estimate of drug-likeness (QED) is 0.725. The molecule has 1 N–H and O–H groups in total. The normalized spacial score (nSPS) is 18.4. The van der Waals surface area contributed by atoms with Crippen LogP contribution in [0.2, 0.25) is 0 Å².